The van der Waals surface area contributed by atoms with Gasteiger partial charge in [-0.25, -0.2) is 0 Å². The Morgan fingerprint density at radius 3 is 1.94 bits per heavy atom. The summed E-state index contributed by atoms with van der Waals surface area (Å²) in [5.41, 5.74) is 0. The quantitative estimate of drug-likeness (QED) is 0.234. The van der Waals surface area contributed by atoms with E-state index in [1.165, 1.54) is 0 Å². The first-order chi connectivity index (χ1) is 8.45. The molecular weight excluding hydrogens is 318 g/mol. The van der Waals surface area contributed by atoms with E-state index in [1.54, 1.807) is 0 Å². The van der Waals surface area contributed by atoms with Gasteiger partial charge in [0, 0.05) is 6.42 Å². The molecule has 0 amide bonds. The number of carbonyl (C=O) groups is 1. The van der Waals surface area contributed by atoms with Gasteiger partial charge in [-0.3, -0.25) is 9.18 Å². The molecule has 0 aliphatic rings. The molecule has 0 atom stereocenters. The number of hydrogen-bond acceptors (Lipinski definition) is 2. The van der Waals surface area contributed by atoms with E-state index in [-0.39, 0.29) is 18.9 Å². The van der Waals surface area contributed by atoms with Gasteiger partial charge in [0.05, 0.1) is 6.67 Å². The molecule has 0 aromatic rings. The minimum Gasteiger partial charge on any atom is -0.465 e. The zero-order chi connectivity index (χ0) is 13.9. The topological polar surface area (TPSA) is 26.3 Å². The Bertz CT molecular complexity index is 225. The van der Waals surface area contributed by atoms with E-state index in [0.29, 0.717) is 12.8 Å². The molecule has 0 N–H and O–H groups in total. The van der Waals surface area contributed by atoms with Crippen LogP contribution in [0.15, 0.2) is 0 Å². The lowest BCUT2D eigenvalue weighted by atomic mass is 10.1. The summed E-state index contributed by atoms with van der Waals surface area (Å²) in [6.07, 6.45) is 6.92. The molecule has 0 heterocycles. The van der Waals surface area contributed by atoms with Crippen LogP contribution in [-0.4, -0.2) is 24.9 Å². The maximum Gasteiger partial charge on any atom is 0.378 e. The van der Waals surface area contributed by atoms with Gasteiger partial charge in [0.25, 0.3) is 0 Å². The van der Waals surface area contributed by atoms with Gasteiger partial charge in [-0.05, 0) is 12.8 Å². The predicted molar refractivity (Wildman–Crippen MR) is 77.2 cm³/mol. The molecule has 0 saturated heterocycles. The summed E-state index contributed by atoms with van der Waals surface area (Å²) in [5, 5.41) is 0. The summed E-state index contributed by atoms with van der Waals surface area (Å²) in [5.74, 6) is -0.300. The second-order valence-corrected chi connectivity index (χ2v) is 13.3. The second-order valence-electron chi connectivity index (χ2n) is 4.19. The molecule has 0 bridgehead atoms. The third-order valence-electron chi connectivity index (χ3n) is 2.41. The summed E-state index contributed by atoms with van der Waals surface area (Å²) < 4.78 is 16.6. The molecule has 0 aliphatic heterocycles. The van der Waals surface area contributed by atoms with E-state index in [9.17, 15) is 9.18 Å². The van der Waals surface area contributed by atoms with Crippen LogP contribution in [0.4, 0.5) is 4.39 Å². The zero-order valence-corrected chi connectivity index (χ0v) is 13.7. The first-order valence-corrected chi connectivity index (χ1v) is 11.5. The smallest absolute Gasteiger partial charge is 0.378 e. The Hall–Kier alpha value is 0.487. The zero-order valence-electron chi connectivity index (χ0n) is 10.4. The SMILES string of the molecule is O=C(CCCCCCCCCF)OC[Si](Cl)(Cl)Cl. The molecular formula is C11H20Cl3FO2Si. The molecule has 0 rings (SSSR count). The van der Waals surface area contributed by atoms with Crippen LogP contribution in [0.3, 0.4) is 0 Å². The highest BCUT2D eigenvalue weighted by atomic mass is 35.8. The van der Waals surface area contributed by atoms with Gasteiger partial charge in [-0.2, -0.15) is 0 Å². The van der Waals surface area contributed by atoms with Crippen LogP contribution in [0.25, 0.3) is 0 Å². The van der Waals surface area contributed by atoms with Crippen molar-refractivity contribution in [3.05, 3.63) is 0 Å². The molecule has 7 heteroatoms. The van der Waals surface area contributed by atoms with Gasteiger partial charge in [0.1, 0.15) is 6.23 Å². The number of unbranched alkanes of at least 4 members (excludes halogenated alkanes) is 6. The average molecular weight is 338 g/mol. The highest BCUT2D eigenvalue weighted by Crippen LogP contribution is 2.20. The number of carbonyl (C=O) groups excluding carboxylic acids is 1. The van der Waals surface area contributed by atoms with E-state index >= 15 is 0 Å². The maximum atomic E-state index is 11.8. The van der Waals surface area contributed by atoms with Crippen molar-refractivity contribution in [2.24, 2.45) is 0 Å². The van der Waals surface area contributed by atoms with Crippen LogP contribution in [0.2, 0.25) is 0 Å². The third kappa shape index (κ3) is 14.5. The van der Waals surface area contributed by atoms with Crippen molar-refractivity contribution in [2.75, 3.05) is 12.9 Å². The first kappa shape index (κ1) is 18.5. The molecule has 108 valence electrons. The molecule has 0 aromatic carbocycles. The van der Waals surface area contributed by atoms with Crippen molar-refractivity contribution in [2.45, 2.75) is 51.4 Å². The van der Waals surface area contributed by atoms with Crippen LogP contribution < -0.4 is 0 Å². The van der Waals surface area contributed by atoms with Crippen molar-refractivity contribution >= 4 is 45.2 Å². The van der Waals surface area contributed by atoms with E-state index in [2.05, 4.69) is 0 Å². The molecule has 2 nitrogen and oxygen atoms in total. The van der Waals surface area contributed by atoms with E-state index in [0.717, 1.165) is 38.5 Å². The third-order valence-corrected chi connectivity index (χ3v) is 3.86. The van der Waals surface area contributed by atoms with Gasteiger partial charge < -0.3 is 4.74 Å². The van der Waals surface area contributed by atoms with Crippen molar-refractivity contribution in [1.29, 1.82) is 0 Å². The molecule has 0 unspecified atom stereocenters. The van der Waals surface area contributed by atoms with Gasteiger partial charge in [0.2, 0.25) is 0 Å². The number of hydrogen-bond donors (Lipinski definition) is 0. The number of ether oxygens (including phenoxy) is 1. The molecule has 0 saturated carbocycles. The number of esters is 1. The fourth-order valence-electron chi connectivity index (χ4n) is 1.48. The lowest BCUT2D eigenvalue weighted by Gasteiger charge is -2.08. The fourth-order valence-corrected chi connectivity index (χ4v) is 2.30. The number of alkyl halides is 1. The van der Waals surface area contributed by atoms with Gasteiger partial charge >= 0.3 is 12.0 Å². The Kier molecular flexibility index (Phi) is 11.6. The normalized spacial score (nSPS) is 11.6. The summed E-state index contributed by atoms with van der Waals surface area (Å²) in [6, 6.07) is -2.85. The van der Waals surface area contributed by atoms with Crippen molar-refractivity contribution < 1.29 is 13.9 Å². The van der Waals surface area contributed by atoms with Crippen LogP contribution in [0.5, 0.6) is 0 Å². The van der Waals surface area contributed by atoms with E-state index in [4.69, 9.17) is 38.0 Å². The summed E-state index contributed by atoms with van der Waals surface area (Å²) in [7, 11) is 0. The molecule has 0 aliphatic carbocycles. The lowest BCUT2D eigenvalue weighted by molar-refractivity contribution is -0.141. The largest absolute Gasteiger partial charge is 0.465 e. The fraction of sp³-hybridized carbons (Fsp3) is 0.909. The lowest BCUT2D eigenvalue weighted by Crippen LogP contribution is -2.22. The summed E-state index contributed by atoms with van der Waals surface area (Å²) in [4.78, 5) is 11.2. The van der Waals surface area contributed by atoms with E-state index in [1.807, 2.05) is 0 Å². The van der Waals surface area contributed by atoms with Crippen LogP contribution in [-0.2, 0) is 9.53 Å². The van der Waals surface area contributed by atoms with Gasteiger partial charge in [-0.1, -0.05) is 32.1 Å². The molecule has 18 heavy (non-hydrogen) atoms. The molecule has 0 aromatic heterocycles. The highest BCUT2D eigenvalue weighted by molar-refractivity contribution is 7.64. The minimum absolute atomic E-state index is 0.0697. The maximum absolute atomic E-state index is 11.8. The Balaban J connectivity index is 3.25. The average Bonchev–Trinajstić information content (AvgIpc) is 2.29. The monoisotopic (exact) mass is 336 g/mol. The predicted octanol–water partition coefficient (Wildman–Crippen LogP) is 4.81. The molecule has 0 radical (unpaired) electrons. The van der Waals surface area contributed by atoms with Crippen LogP contribution in [0.1, 0.15) is 51.4 Å². The minimum atomic E-state index is -2.85. The standard InChI is InChI=1S/C11H20Cl3FO2Si/c12-18(13,14)10-17-11(16)8-6-4-2-1-3-5-7-9-15/h1-10H2. The Morgan fingerprint density at radius 2 is 1.44 bits per heavy atom. The van der Waals surface area contributed by atoms with E-state index < -0.39 is 6.00 Å². The second kappa shape index (κ2) is 11.3. The van der Waals surface area contributed by atoms with Crippen LogP contribution >= 0.6 is 33.2 Å². The molecule has 0 spiro atoms. The van der Waals surface area contributed by atoms with Gasteiger partial charge in [-0.15, -0.1) is 33.2 Å². The highest BCUT2D eigenvalue weighted by Gasteiger charge is 2.27. The van der Waals surface area contributed by atoms with Crippen molar-refractivity contribution in [1.82, 2.24) is 0 Å². The number of rotatable bonds is 11. The summed E-state index contributed by atoms with van der Waals surface area (Å²) >= 11 is 16.8. The molecule has 0 fully saturated rings. The van der Waals surface area contributed by atoms with Gasteiger partial charge in [0.15, 0.2) is 0 Å². The number of halogens is 4. The Labute approximate surface area is 123 Å². The summed E-state index contributed by atoms with van der Waals surface area (Å²) in [6.45, 7) is -0.224. The van der Waals surface area contributed by atoms with Crippen molar-refractivity contribution in [3.8, 4) is 0 Å². The Morgan fingerprint density at radius 1 is 0.944 bits per heavy atom. The first-order valence-electron chi connectivity index (χ1n) is 6.24. The van der Waals surface area contributed by atoms with Crippen LogP contribution in [0, 0.1) is 0 Å². The van der Waals surface area contributed by atoms with Crippen molar-refractivity contribution in [3.63, 3.8) is 0 Å².